The van der Waals surface area contributed by atoms with Gasteiger partial charge in [0, 0.05) is 5.56 Å². The number of benzene rings is 1. The molecule has 0 saturated heterocycles. The SMILES string of the molecule is CCOC(=O)c1ccc(C#CCC#N)cc1. The molecule has 0 aliphatic rings. The molecule has 0 amide bonds. The molecule has 3 nitrogen and oxygen atoms in total. The highest BCUT2D eigenvalue weighted by molar-refractivity contribution is 5.89. The lowest BCUT2D eigenvalue weighted by molar-refractivity contribution is 0.0526. The van der Waals surface area contributed by atoms with Crippen LogP contribution in [0.25, 0.3) is 0 Å². The fourth-order valence-corrected chi connectivity index (χ4v) is 1.09. The van der Waals surface area contributed by atoms with Crippen LogP contribution in [0.4, 0.5) is 0 Å². The monoisotopic (exact) mass is 213 g/mol. The van der Waals surface area contributed by atoms with Gasteiger partial charge in [0.15, 0.2) is 0 Å². The van der Waals surface area contributed by atoms with E-state index in [1.807, 2.05) is 6.07 Å². The van der Waals surface area contributed by atoms with E-state index in [1.54, 1.807) is 31.2 Å². The zero-order valence-electron chi connectivity index (χ0n) is 8.99. The van der Waals surface area contributed by atoms with Gasteiger partial charge in [-0.3, -0.25) is 0 Å². The summed E-state index contributed by atoms with van der Waals surface area (Å²) in [4.78, 5) is 11.3. The summed E-state index contributed by atoms with van der Waals surface area (Å²) in [5.41, 5.74) is 1.29. The van der Waals surface area contributed by atoms with E-state index < -0.39 is 0 Å². The van der Waals surface area contributed by atoms with Gasteiger partial charge in [0.05, 0.1) is 24.7 Å². The molecule has 0 atom stereocenters. The Labute approximate surface area is 94.7 Å². The summed E-state index contributed by atoms with van der Waals surface area (Å²) >= 11 is 0. The van der Waals surface area contributed by atoms with E-state index in [9.17, 15) is 4.79 Å². The lowest BCUT2D eigenvalue weighted by atomic mass is 10.1. The fraction of sp³-hybridized carbons (Fsp3) is 0.231. The molecule has 0 spiro atoms. The van der Waals surface area contributed by atoms with Crippen LogP contribution in [0.3, 0.4) is 0 Å². The maximum atomic E-state index is 11.3. The van der Waals surface area contributed by atoms with Gasteiger partial charge in [0.1, 0.15) is 0 Å². The summed E-state index contributed by atoms with van der Waals surface area (Å²) in [5.74, 6) is 5.18. The minimum Gasteiger partial charge on any atom is -0.462 e. The molecule has 0 N–H and O–H groups in total. The normalized spacial score (nSPS) is 8.50. The van der Waals surface area contributed by atoms with Crippen molar-refractivity contribution in [1.82, 2.24) is 0 Å². The summed E-state index contributed by atoms with van der Waals surface area (Å²) in [6.07, 6.45) is 0.208. The number of nitriles is 1. The molecule has 0 saturated carbocycles. The first-order valence-corrected chi connectivity index (χ1v) is 4.91. The molecule has 0 unspecified atom stereocenters. The highest BCUT2D eigenvalue weighted by Gasteiger charge is 2.04. The van der Waals surface area contributed by atoms with Crippen molar-refractivity contribution in [3.63, 3.8) is 0 Å². The third-order valence-corrected chi connectivity index (χ3v) is 1.80. The van der Waals surface area contributed by atoms with E-state index in [2.05, 4.69) is 11.8 Å². The molecule has 1 rings (SSSR count). The first kappa shape index (κ1) is 11.8. The Hall–Kier alpha value is -2.26. The standard InChI is InChI=1S/C13H11NO2/c1-2-16-13(15)12-8-6-11(7-9-12)5-3-4-10-14/h6-9H,2,4H2,1H3. The van der Waals surface area contributed by atoms with Crippen molar-refractivity contribution in [2.24, 2.45) is 0 Å². The molecule has 1 aromatic carbocycles. The first-order valence-electron chi connectivity index (χ1n) is 4.91. The average Bonchev–Trinajstić information content (AvgIpc) is 2.30. The van der Waals surface area contributed by atoms with Crippen LogP contribution >= 0.6 is 0 Å². The lowest BCUT2D eigenvalue weighted by Crippen LogP contribution is -2.04. The Kier molecular flexibility index (Phi) is 4.63. The number of hydrogen-bond acceptors (Lipinski definition) is 3. The number of carbonyl (C=O) groups is 1. The maximum Gasteiger partial charge on any atom is 0.338 e. The van der Waals surface area contributed by atoms with Crippen LogP contribution in [0.1, 0.15) is 29.3 Å². The zero-order chi connectivity index (χ0) is 11.8. The minimum atomic E-state index is -0.334. The van der Waals surface area contributed by atoms with Gasteiger partial charge in [0.2, 0.25) is 0 Å². The van der Waals surface area contributed by atoms with Gasteiger partial charge in [-0.1, -0.05) is 11.8 Å². The molecular weight excluding hydrogens is 202 g/mol. The van der Waals surface area contributed by atoms with Crippen LogP contribution in [-0.2, 0) is 4.74 Å². The van der Waals surface area contributed by atoms with E-state index in [-0.39, 0.29) is 12.4 Å². The molecule has 0 aromatic heterocycles. The van der Waals surface area contributed by atoms with E-state index in [1.165, 1.54) is 0 Å². The van der Waals surface area contributed by atoms with Crippen LogP contribution in [0.2, 0.25) is 0 Å². The maximum absolute atomic E-state index is 11.3. The predicted octanol–water partition coefficient (Wildman–Crippen LogP) is 2.13. The van der Waals surface area contributed by atoms with Crippen molar-refractivity contribution < 1.29 is 9.53 Å². The van der Waals surface area contributed by atoms with Gasteiger partial charge in [-0.25, -0.2) is 4.79 Å². The second-order valence-corrected chi connectivity index (χ2v) is 2.93. The molecule has 0 fully saturated rings. The summed E-state index contributed by atoms with van der Waals surface area (Å²) < 4.78 is 4.85. The van der Waals surface area contributed by atoms with Crippen molar-refractivity contribution in [2.45, 2.75) is 13.3 Å². The molecule has 0 bridgehead atoms. The number of ether oxygens (including phenoxy) is 1. The molecule has 16 heavy (non-hydrogen) atoms. The Bertz CT molecular complexity index is 457. The summed E-state index contributed by atoms with van der Waals surface area (Å²) in [7, 11) is 0. The summed E-state index contributed by atoms with van der Waals surface area (Å²) in [6.45, 7) is 2.13. The van der Waals surface area contributed by atoms with Gasteiger partial charge in [0.25, 0.3) is 0 Å². The summed E-state index contributed by atoms with van der Waals surface area (Å²) in [5, 5.41) is 8.31. The van der Waals surface area contributed by atoms with Gasteiger partial charge in [-0.15, -0.1) is 0 Å². The number of carbonyl (C=O) groups excluding carboxylic acids is 1. The zero-order valence-corrected chi connectivity index (χ0v) is 8.99. The summed E-state index contributed by atoms with van der Waals surface area (Å²) in [6, 6.07) is 8.72. The number of nitrogens with zero attached hydrogens (tertiary/aromatic N) is 1. The minimum absolute atomic E-state index is 0.208. The van der Waals surface area contributed by atoms with Crippen molar-refractivity contribution in [3.8, 4) is 17.9 Å². The van der Waals surface area contributed by atoms with E-state index in [0.29, 0.717) is 12.2 Å². The highest BCUT2D eigenvalue weighted by atomic mass is 16.5. The quantitative estimate of drug-likeness (QED) is 0.558. The van der Waals surface area contributed by atoms with Crippen molar-refractivity contribution >= 4 is 5.97 Å². The third kappa shape index (κ3) is 3.48. The van der Waals surface area contributed by atoms with Gasteiger partial charge in [-0.05, 0) is 31.2 Å². The largest absolute Gasteiger partial charge is 0.462 e. The van der Waals surface area contributed by atoms with E-state index >= 15 is 0 Å². The number of hydrogen-bond donors (Lipinski definition) is 0. The predicted molar refractivity (Wildman–Crippen MR) is 59.5 cm³/mol. The van der Waals surface area contributed by atoms with Gasteiger partial charge >= 0.3 is 5.97 Å². The van der Waals surface area contributed by atoms with Crippen LogP contribution in [-0.4, -0.2) is 12.6 Å². The van der Waals surface area contributed by atoms with Gasteiger partial charge in [-0.2, -0.15) is 5.26 Å². The molecule has 0 aliphatic heterocycles. The third-order valence-electron chi connectivity index (χ3n) is 1.80. The van der Waals surface area contributed by atoms with Crippen molar-refractivity contribution in [2.75, 3.05) is 6.61 Å². The Morgan fingerprint density at radius 1 is 1.38 bits per heavy atom. The highest BCUT2D eigenvalue weighted by Crippen LogP contribution is 2.05. The molecule has 80 valence electrons. The Balaban J connectivity index is 2.73. The van der Waals surface area contributed by atoms with Crippen molar-refractivity contribution in [1.29, 1.82) is 5.26 Å². The first-order chi connectivity index (χ1) is 7.77. The lowest BCUT2D eigenvalue weighted by Gasteiger charge is -2.00. The van der Waals surface area contributed by atoms with E-state index in [4.69, 9.17) is 10.00 Å². The second-order valence-electron chi connectivity index (χ2n) is 2.93. The number of esters is 1. The fourth-order valence-electron chi connectivity index (χ4n) is 1.09. The van der Waals surface area contributed by atoms with Gasteiger partial charge < -0.3 is 4.74 Å². The smallest absolute Gasteiger partial charge is 0.338 e. The van der Waals surface area contributed by atoms with Crippen LogP contribution < -0.4 is 0 Å². The molecule has 3 heteroatoms. The molecule has 1 aromatic rings. The van der Waals surface area contributed by atoms with Crippen LogP contribution in [0.5, 0.6) is 0 Å². The van der Waals surface area contributed by atoms with Crippen molar-refractivity contribution in [3.05, 3.63) is 35.4 Å². The van der Waals surface area contributed by atoms with Crippen LogP contribution in [0, 0.1) is 23.2 Å². The number of rotatable bonds is 2. The van der Waals surface area contributed by atoms with Crippen LogP contribution in [0.15, 0.2) is 24.3 Å². The average molecular weight is 213 g/mol. The molecule has 0 radical (unpaired) electrons. The topological polar surface area (TPSA) is 50.1 Å². The molecular formula is C13H11NO2. The molecule has 0 heterocycles. The second kappa shape index (κ2) is 6.27. The molecule has 0 aliphatic carbocycles. The van der Waals surface area contributed by atoms with E-state index in [0.717, 1.165) is 5.56 Å². The Morgan fingerprint density at radius 2 is 2.06 bits per heavy atom. The Morgan fingerprint density at radius 3 is 2.62 bits per heavy atom.